The summed E-state index contributed by atoms with van der Waals surface area (Å²) in [5.74, 6) is 0. The number of carbonyl (C=O) groups is 2. The minimum absolute atomic E-state index is 0.000346. The fraction of sp³-hybridized carbons (Fsp3) is 0.760. The Balaban J connectivity index is 2.07. The van der Waals surface area contributed by atoms with Crippen LogP contribution in [0.5, 0.6) is 0 Å². The first kappa shape index (κ1) is 41.2. The zero-order valence-electron chi connectivity index (χ0n) is 26.4. The molecule has 23 heteroatoms. The predicted molar refractivity (Wildman–Crippen MR) is 152 cm³/mol. The molecular weight excluding hydrogens is 682 g/mol. The van der Waals surface area contributed by atoms with Gasteiger partial charge in [0.15, 0.2) is 11.8 Å². The van der Waals surface area contributed by atoms with Crippen molar-refractivity contribution < 1.29 is 85.0 Å². The Morgan fingerprint density at radius 2 is 1.44 bits per heavy atom. The number of ether oxygens (including phenoxy) is 9. The highest BCUT2D eigenvalue weighted by Gasteiger charge is 2.63. The van der Waals surface area contributed by atoms with E-state index >= 15 is 0 Å². The van der Waals surface area contributed by atoms with Gasteiger partial charge in [-0.25, -0.2) is 32.4 Å². The molecule has 1 aliphatic rings. The molecule has 0 unspecified atom stereocenters. The van der Waals surface area contributed by atoms with Crippen molar-refractivity contribution in [2.75, 3.05) is 93.9 Å². The molecule has 0 aliphatic carbocycles. The zero-order valence-corrected chi connectivity index (χ0v) is 27.3. The first-order chi connectivity index (χ1) is 22.8. The molecule has 276 valence electrons. The lowest BCUT2D eigenvalue weighted by Crippen LogP contribution is -2.53. The fourth-order valence-corrected chi connectivity index (χ4v) is 4.76. The minimum atomic E-state index is -5.00. The van der Waals surface area contributed by atoms with Gasteiger partial charge in [-0.15, -0.1) is 0 Å². The molecule has 2 rings (SSSR count). The highest BCUT2D eigenvalue weighted by atomic mass is 31.2. The molecule has 0 amide bonds. The third-order valence-electron chi connectivity index (χ3n) is 6.23. The largest absolute Gasteiger partial charge is 0.510 e. The van der Waals surface area contributed by atoms with Gasteiger partial charge < -0.3 is 52.8 Å². The number of halogens is 1. The molecule has 1 saturated heterocycles. The maximum atomic E-state index is 14.5. The summed E-state index contributed by atoms with van der Waals surface area (Å²) in [6.07, 6.45) is -5.58. The summed E-state index contributed by atoms with van der Waals surface area (Å²) in [6.45, 7) is -3.39. The number of alkyl halides is 1. The van der Waals surface area contributed by atoms with Crippen LogP contribution >= 0.6 is 7.82 Å². The van der Waals surface area contributed by atoms with Crippen LogP contribution in [0, 0.1) is 0 Å². The Morgan fingerprint density at radius 3 is 1.92 bits per heavy atom. The number of rotatable bonds is 23. The molecule has 21 nitrogen and oxygen atoms in total. The molecular formula is C25H40FN2O19P. The minimum Gasteiger partial charge on any atom is -0.432 e. The lowest BCUT2D eigenvalue weighted by Gasteiger charge is -2.31. The molecule has 3 N–H and O–H groups in total. The number of aliphatic hydroxyl groups is 2. The second kappa shape index (κ2) is 20.5. The van der Waals surface area contributed by atoms with E-state index in [1.165, 1.54) is 14.2 Å². The third kappa shape index (κ3) is 12.8. The molecule has 2 heterocycles. The average Bonchev–Trinajstić information content (AvgIpc) is 3.24. The van der Waals surface area contributed by atoms with Crippen LogP contribution in [0.15, 0.2) is 21.9 Å². The number of aromatic nitrogens is 2. The number of hydrogen-bond donors (Lipinski definition) is 3. The highest BCUT2D eigenvalue weighted by Crippen LogP contribution is 2.52. The Kier molecular flexibility index (Phi) is 17.6. The second-order valence-electron chi connectivity index (χ2n) is 9.72. The van der Waals surface area contributed by atoms with Crippen LogP contribution in [0.3, 0.4) is 0 Å². The molecule has 1 aromatic rings. The number of nitrogens with zero attached hydrogens (tertiary/aromatic N) is 1. The summed E-state index contributed by atoms with van der Waals surface area (Å²) in [7, 11) is -2.06. The van der Waals surface area contributed by atoms with Crippen molar-refractivity contribution in [3.8, 4) is 0 Å². The number of hydrogen-bond acceptors (Lipinski definition) is 19. The van der Waals surface area contributed by atoms with Gasteiger partial charge in [0.25, 0.3) is 5.56 Å². The number of carbonyl (C=O) groups excluding carboxylic acids is 2. The van der Waals surface area contributed by atoms with Gasteiger partial charge in [0.05, 0.1) is 46.2 Å². The number of phosphoric acid groups is 1. The Bertz CT molecular complexity index is 1260. The van der Waals surface area contributed by atoms with Gasteiger partial charge in [0, 0.05) is 26.5 Å². The van der Waals surface area contributed by atoms with Crippen LogP contribution in [0.1, 0.15) is 13.2 Å². The maximum absolute atomic E-state index is 14.5. The number of phosphoric ester groups is 1. The smallest absolute Gasteiger partial charge is 0.432 e. The number of methoxy groups -OCH3 is 2. The maximum Gasteiger partial charge on any atom is 0.510 e. The third-order valence-corrected chi connectivity index (χ3v) is 7.52. The van der Waals surface area contributed by atoms with Crippen molar-refractivity contribution in [2.24, 2.45) is 0 Å². The lowest BCUT2D eigenvalue weighted by molar-refractivity contribution is -0.141. The van der Waals surface area contributed by atoms with E-state index in [9.17, 15) is 38.3 Å². The van der Waals surface area contributed by atoms with E-state index in [1.54, 1.807) is 0 Å². The molecule has 1 aliphatic heterocycles. The van der Waals surface area contributed by atoms with Crippen LogP contribution in [-0.2, 0) is 60.8 Å². The number of nitrogens with one attached hydrogen (secondary N) is 1. The normalized spacial score (nSPS) is 22.4. The summed E-state index contributed by atoms with van der Waals surface area (Å²) in [5.41, 5.74) is -6.75. The topological polar surface area (TPSA) is 257 Å². The molecule has 0 saturated carbocycles. The monoisotopic (exact) mass is 722 g/mol. The summed E-state index contributed by atoms with van der Waals surface area (Å²) < 4.78 is 87.7. The first-order valence-electron chi connectivity index (χ1n) is 14.1. The van der Waals surface area contributed by atoms with Crippen LogP contribution in [0.4, 0.5) is 14.0 Å². The summed E-state index contributed by atoms with van der Waals surface area (Å²) >= 11 is 0. The van der Waals surface area contributed by atoms with Gasteiger partial charge in [0.2, 0.25) is 13.6 Å². The fourth-order valence-electron chi connectivity index (χ4n) is 3.80. The van der Waals surface area contributed by atoms with E-state index < -0.39 is 81.8 Å². The predicted octanol–water partition coefficient (Wildman–Crippen LogP) is -0.409. The Labute approximate surface area is 272 Å². The van der Waals surface area contributed by atoms with Gasteiger partial charge in [-0.3, -0.25) is 18.9 Å². The molecule has 0 spiro atoms. The van der Waals surface area contributed by atoms with Crippen molar-refractivity contribution in [1.82, 2.24) is 9.55 Å². The van der Waals surface area contributed by atoms with Crippen molar-refractivity contribution in [2.45, 2.75) is 30.5 Å². The van der Waals surface area contributed by atoms with Gasteiger partial charge in [-0.1, -0.05) is 0 Å². The van der Waals surface area contributed by atoms with Crippen LogP contribution in [0.2, 0.25) is 0 Å². The summed E-state index contributed by atoms with van der Waals surface area (Å²) in [5, 5.41) is 21.9. The molecule has 48 heavy (non-hydrogen) atoms. The van der Waals surface area contributed by atoms with Crippen molar-refractivity contribution >= 4 is 20.1 Å². The summed E-state index contributed by atoms with van der Waals surface area (Å²) in [6, 6.07) is 0.911. The lowest BCUT2D eigenvalue weighted by atomic mass is 9.88. The van der Waals surface area contributed by atoms with E-state index in [2.05, 4.69) is 9.47 Å². The van der Waals surface area contributed by atoms with Gasteiger partial charge >= 0.3 is 25.8 Å². The van der Waals surface area contributed by atoms with Crippen molar-refractivity contribution in [3.63, 3.8) is 0 Å². The molecule has 1 aromatic heterocycles. The first-order valence-corrected chi connectivity index (χ1v) is 15.5. The van der Waals surface area contributed by atoms with Gasteiger partial charge in [-0.2, -0.15) is 0 Å². The Morgan fingerprint density at radius 1 is 0.917 bits per heavy atom. The average molecular weight is 723 g/mol. The van der Waals surface area contributed by atoms with Crippen LogP contribution < -0.4 is 11.2 Å². The highest BCUT2D eigenvalue weighted by molar-refractivity contribution is 7.48. The van der Waals surface area contributed by atoms with E-state index in [1.807, 2.05) is 4.98 Å². The van der Waals surface area contributed by atoms with Crippen LogP contribution in [-0.4, -0.2) is 143 Å². The molecule has 4 atom stereocenters. The quantitative estimate of drug-likeness (QED) is 0.0561. The zero-order chi connectivity index (χ0) is 35.6. The SMILES string of the molecule is COCCOCCOC(=O)OCOP(=O)(OCOC(=O)OCCOCCOC)OC[C@@]1(CF)O[C@@H](n2ccc(=O)[nH]c2=O)[C@](C)(O)[C@@H]1O. The van der Waals surface area contributed by atoms with Gasteiger partial charge in [0.1, 0.15) is 31.6 Å². The molecule has 0 bridgehead atoms. The molecule has 0 radical (unpaired) electrons. The molecule has 1 fully saturated rings. The van der Waals surface area contributed by atoms with Gasteiger partial charge in [-0.05, 0) is 6.92 Å². The number of aromatic amines is 1. The Hall–Kier alpha value is -3.02. The second-order valence-corrected chi connectivity index (χ2v) is 11.4. The van der Waals surface area contributed by atoms with E-state index in [0.717, 1.165) is 19.2 Å². The standard InChI is InChI=1S/C25H40FN2O19P/c1-24(34)19(30)25(14-26,47-20(24)28-5-4-18(29)27-21(28)31)15-44-48(35,45-16-42-22(32)40-12-10-38-8-6-36-2)46-17-43-23(33)41-13-11-39-9-7-37-3/h4-5,19-20,30,34H,6-17H2,1-3H3,(H,27,29,31)/t19-,20+,24+,25+/m0/s1. The number of H-pyrrole nitrogens is 1. The molecule has 0 aromatic carbocycles. The number of aliphatic hydroxyl groups excluding tert-OH is 1. The summed E-state index contributed by atoms with van der Waals surface area (Å²) in [4.78, 5) is 49.4. The van der Waals surface area contributed by atoms with E-state index in [-0.39, 0.29) is 39.6 Å². The van der Waals surface area contributed by atoms with Crippen LogP contribution in [0.25, 0.3) is 0 Å². The van der Waals surface area contributed by atoms with Crippen molar-refractivity contribution in [3.05, 3.63) is 33.1 Å². The van der Waals surface area contributed by atoms with E-state index in [4.69, 9.17) is 46.7 Å². The van der Waals surface area contributed by atoms with E-state index in [0.29, 0.717) is 17.8 Å². The van der Waals surface area contributed by atoms with Crippen molar-refractivity contribution in [1.29, 1.82) is 0 Å².